The summed E-state index contributed by atoms with van der Waals surface area (Å²) in [6, 6.07) is 22.6. The highest BCUT2D eigenvalue weighted by Crippen LogP contribution is 2.44. The van der Waals surface area contributed by atoms with Gasteiger partial charge in [0.05, 0.1) is 35.7 Å². The molecular formula is C33H25ClFNO6. The molecule has 1 unspecified atom stereocenters. The maximum absolute atomic E-state index is 14.2. The second-order valence-electron chi connectivity index (χ2n) is 9.62. The van der Waals surface area contributed by atoms with Gasteiger partial charge in [-0.3, -0.25) is 14.5 Å². The fourth-order valence-corrected chi connectivity index (χ4v) is 5.40. The standard InChI is InChI=1S/C33H25ClFNO6/c1-3-40-28-15-20(9-12-27(28)41-18-19-7-5-4-6-8-19)30-29-31(37)23-16-21(35)10-13-25(23)42-32(29)33(38)36(30)22-11-14-26(39-2)24(34)17-22/h4-17,30H,3,18H2,1-2H3. The highest BCUT2D eigenvalue weighted by atomic mass is 35.5. The van der Waals surface area contributed by atoms with E-state index in [-0.39, 0.29) is 27.3 Å². The molecule has 0 bridgehead atoms. The van der Waals surface area contributed by atoms with Crippen LogP contribution in [-0.4, -0.2) is 19.6 Å². The summed E-state index contributed by atoms with van der Waals surface area (Å²) >= 11 is 6.44. The molecule has 6 rings (SSSR count). The predicted octanol–water partition coefficient (Wildman–Crippen LogP) is 7.32. The molecular weight excluding hydrogens is 561 g/mol. The zero-order valence-corrected chi connectivity index (χ0v) is 23.5. The van der Waals surface area contributed by atoms with Crippen molar-refractivity contribution in [2.45, 2.75) is 19.6 Å². The smallest absolute Gasteiger partial charge is 0.295 e. The quantitative estimate of drug-likeness (QED) is 0.190. The Kier molecular flexibility index (Phi) is 7.31. The molecule has 2 heterocycles. The summed E-state index contributed by atoms with van der Waals surface area (Å²) in [5.74, 6) is 0.111. The first-order valence-corrected chi connectivity index (χ1v) is 13.6. The lowest BCUT2D eigenvalue weighted by Gasteiger charge is -2.26. The highest BCUT2D eigenvalue weighted by Gasteiger charge is 2.44. The van der Waals surface area contributed by atoms with Crippen LogP contribution in [0.25, 0.3) is 11.0 Å². The van der Waals surface area contributed by atoms with Crippen molar-refractivity contribution in [2.24, 2.45) is 0 Å². The third kappa shape index (κ3) is 4.84. The van der Waals surface area contributed by atoms with Gasteiger partial charge in [-0.05, 0) is 66.6 Å². The number of nitrogens with zero attached hydrogens (tertiary/aromatic N) is 1. The number of fused-ring (bicyclic) bond motifs is 2. The van der Waals surface area contributed by atoms with Gasteiger partial charge in [-0.1, -0.05) is 48.0 Å². The van der Waals surface area contributed by atoms with Crippen molar-refractivity contribution in [3.63, 3.8) is 0 Å². The van der Waals surface area contributed by atoms with E-state index in [0.29, 0.717) is 41.7 Å². The molecule has 1 aliphatic heterocycles. The lowest BCUT2D eigenvalue weighted by Crippen LogP contribution is -2.29. The first-order valence-electron chi connectivity index (χ1n) is 13.3. The summed E-state index contributed by atoms with van der Waals surface area (Å²) in [6.45, 7) is 2.53. The second kappa shape index (κ2) is 11.2. The SMILES string of the molecule is CCOc1cc(C2c3c(oc4ccc(F)cc4c3=O)C(=O)N2c2ccc(OC)c(Cl)c2)ccc1OCc1ccccc1. The molecule has 4 aromatic carbocycles. The lowest BCUT2D eigenvalue weighted by atomic mass is 9.97. The van der Waals surface area contributed by atoms with Crippen LogP contribution in [0.15, 0.2) is 94.1 Å². The Hall–Kier alpha value is -4.82. The molecule has 212 valence electrons. The van der Waals surface area contributed by atoms with Crippen LogP contribution in [0.3, 0.4) is 0 Å². The van der Waals surface area contributed by atoms with Crippen molar-refractivity contribution in [3.8, 4) is 17.2 Å². The predicted molar refractivity (Wildman–Crippen MR) is 157 cm³/mol. The number of halogens is 2. The van der Waals surface area contributed by atoms with Crippen LogP contribution in [-0.2, 0) is 6.61 Å². The van der Waals surface area contributed by atoms with Gasteiger partial charge < -0.3 is 18.6 Å². The van der Waals surface area contributed by atoms with Gasteiger partial charge >= 0.3 is 0 Å². The molecule has 5 aromatic rings. The number of rotatable bonds is 8. The Labute approximate surface area is 245 Å². The summed E-state index contributed by atoms with van der Waals surface area (Å²) in [5, 5.41) is 0.317. The minimum absolute atomic E-state index is 0.0361. The molecule has 0 aliphatic carbocycles. The number of amides is 1. The number of carbonyl (C=O) groups excluding carboxylic acids is 1. The highest BCUT2D eigenvalue weighted by molar-refractivity contribution is 6.32. The van der Waals surface area contributed by atoms with Gasteiger partial charge in [-0.2, -0.15) is 0 Å². The molecule has 0 fully saturated rings. The number of hydrogen-bond acceptors (Lipinski definition) is 6. The summed E-state index contributed by atoms with van der Waals surface area (Å²) in [5.41, 5.74) is 1.66. The van der Waals surface area contributed by atoms with Crippen LogP contribution in [0.4, 0.5) is 10.1 Å². The van der Waals surface area contributed by atoms with Gasteiger partial charge in [0.15, 0.2) is 16.9 Å². The summed E-state index contributed by atoms with van der Waals surface area (Å²) in [4.78, 5) is 29.2. The minimum atomic E-state index is -0.928. The summed E-state index contributed by atoms with van der Waals surface area (Å²) in [6.07, 6.45) is 0. The average Bonchev–Trinajstić information content (AvgIpc) is 3.29. The lowest BCUT2D eigenvalue weighted by molar-refractivity contribution is 0.0971. The van der Waals surface area contributed by atoms with Gasteiger partial charge in [0, 0.05) is 5.69 Å². The van der Waals surface area contributed by atoms with E-state index in [1.54, 1.807) is 36.4 Å². The third-order valence-electron chi connectivity index (χ3n) is 7.07. The number of anilines is 1. The number of benzene rings is 4. The van der Waals surface area contributed by atoms with Gasteiger partial charge in [-0.25, -0.2) is 4.39 Å². The van der Waals surface area contributed by atoms with Crippen molar-refractivity contribution in [1.82, 2.24) is 0 Å². The fraction of sp³-hybridized carbons (Fsp3) is 0.152. The molecule has 1 atom stereocenters. The summed E-state index contributed by atoms with van der Waals surface area (Å²) in [7, 11) is 1.49. The maximum atomic E-state index is 14.2. The van der Waals surface area contributed by atoms with Gasteiger partial charge in [0.25, 0.3) is 5.91 Å². The van der Waals surface area contributed by atoms with E-state index in [1.165, 1.54) is 24.1 Å². The van der Waals surface area contributed by atoms with Crippen LogP contribution >= 0.6 is 11.6 Å². The van der Waals surface area contributed by atoms with E-state index < -0.39 is 23.2 Å². The third-order valence-corrected chi connectivity index (χ3v) is 7.36. The first-order chi connectivity index (χ1) is 20.4. The van der Waals surface area contributed by atoms with E-state index >= 15 is 0 Å². The number of carbonyl (C=O) groups is 1. The normalized spacial score (nSPS) is 14.2. The monoisotopic (exact) mass is 585 g/mol. The topological polar surface area (TPSA) is 78.2 Å². The summed E-state index contributed by atoms with van der Waals surface area (Å²) < 4.78 is 37.4. The molecule has 0 spiro atoms. The zero-order valence-electron chi connectivity index (χ0n) is 22.7. The molecule has 9 heteroatoms. The Balaban J connectivity index is 1.51. The molecule has 7 nitrogen and oxygen atoms in total. The van der Waals surface area contributed by atoms with E-state index in [1.807, 2.05) is 37.3 Å². The molecule has 0 radical (unpaired) electrons. The first kappa shape index (κ1) is 27.4. The van der Waals surface area contributed by atoms with Crippen LogP contribution in [0.1, 0.15) is 40.2 Å². The molecule has 0 saturated heterocycles. The van der Waals surface area contributed by atoms with Gasteiger partial charge in [0.2, 0.25) is 5.76 Å². The van der Waals surface area contributed by atoms with E-state index in [9.17, 15) is 14.0 Å². The Bertz CT molecular complexity index is 1870. The van der Waals surface area contributed by atoms with Crippen molar-refractivity contribution in [2.75, 3.05) is 18.6 Å². The van der Waals surface area contributed by atoms with E-state index in [2.05, 4.69) is 0 Å². The molecule has 1 aromatic heterocycles. The number of methoxy groups -OCH3 is 1. The molecule has 1 amide bonds. The number of hydrogen-bond donors (Lipinski definition) is 0. The zero-order chi connectivity index (χ0) is 29.4. The Morgan fingerprint density at radius 1 is 0.905 bits per heavy atom. The molecule has 0 saturated carbocycles. The van der Waals surface area contributed by atoms with Gasteiger partial charge in [-0.15, -0.1) is 0 Å². The molecule has 0 N–H and O–H groups in total. The molecule has 42 heavy (non-hydrogen) atoms. The Morgan fingerprint density at radius 2 is 1.69 bits per heavy atom. The Morgan fingerprint density at radius 3 is 2.43 bits per heavy atom. The van der Waals surface area contributed by atoms with E-state index in [4.69, 9.17) is 30.2 Å². The van der Waals surface area contributed by atoms with Crippen LogP contribution in [0.2, 0.25) is 5.02 Å². The maximum Gasteiger partial charge on any atom is 0.295 e. The van der Waals surface area contributed by atoms with Crippen LogP contribution in [0.5, 0.6) is 17.2 Å². The van der Waals surface area contributed by atoms with Crippen LogP contribution < -0.4 is 24.5 Å². The fourth-order valence-electron chi connectivity index (χ4n) is 5.15. The van der Waals surface area contributed by atoms with Crippen LogP contribution in [0, 0.1) is 5.82 Å². The average molecular weight is 586 g/mol. The van der Waals surface area contributed by atoms with Crippen molar-refractivity contribution >= 4 is 34.2 Å². The molecule has 1 aliphatic rings. The van der Waals surface area contributed by atoms with Gasteiger partial charge in [0.1, 0.15) is 23.8 Å². The van der Waals surface area contributed by atoms with Crippen molar-refractivity contribution in [3.05, 3.63) is 128 Å². The van der Waals surface area contributed by atoms with E-state index in [0.717, 1.165) is 11.6 Å². The van der Waals surface area contributed by atoms with Crippen molar-refractivity contribution < 1.29 is 27.8 Å². The minimum Gasteiger partial charge on any atom is -0.495 e. The largest absolute Gasteiger partial charge is 0.495 e. The number of ether oxygens (including phenoxy) is 3. The second-order valence-corrected chi connectivity index (χ2v) is 10.0. The van der Waals surface area contributed by atoms with Crippen molar-refractivity contribution in [1.29, 1.82) is 0 Å².